The van der Waals surface area contributed by atoms with E-state index in [1.165, 1.54) is 12.8 Å². The third-order valence-electron chi connectivity index (χ3n) is 3.79. The summed E-state index contributed by atoms with van der Waals surface area (Å²) in [4.78, 5) is 18.1. The average molecular weight is 231 g/mol. The fourth-order valence-corrected chi connectivity index (χ4v) is 2.59. The average Bonchev–Trinajstić information content (AvgIpc) is 3.08. The number of nitrogens with zero attached hydrogens (tertiary/aromatic N) is 2. The monoisotopic (exact) mass is 231 g/mol. The fourth-order valence-electron chi connectivity index (χ4n) is 2.59. The molecule has 2 N–H and O–H groups in total. The highest BCUT2D eigenvalue weighted by molar-refractivity contribution is 5.95. The van der Waals surface area contributed by atoms with Crippen molar-refractivity contribution < 1.29 is 4.79 Å². The molecule has 1 saturated carbocycles. The quantitative estimate of drug-likeness (QED) is 0.824. The fraction of sp³-hybridized carbons (Fsp3) is 0.538. The van der Waals surface area contributed by atoms with E-state index >= 15 is 0 Å². The Hall–Kier alpha value is -1.42. The van der Waals surface area contributed by atoms with Gasteiger partial charge in [-0.05, 0) is 37.8 Å². The van der Waals surface area contributed by atoms with Crippen LogP contribution in [0.3, 0.4) is 0 Å². The number of rotatable bonds is 2. The number of likely N-dealkylation sites (tertiary alicyclic amines) is 1. The number of carbonyl (C=O) groups is 1. The molecular weight excluding hydrogens is 214 g/mol. The Morgan fingerprint density at radius 2 is 2.24 bits per heavy atom. The SMILES string of the molecule is Cc1cc(C(=O)N2CC(N)(C3CC3)C2)ccn1. The molecule has 1 saturated heterocycles. The van der Waals surface area contributed by atoms with Crippen molar-refractivity contribution in [2.45, 2.75) is 25.3 Å². The van der Waals surface area contributed by atoms with Crippen LogP contribution in [0, 0.1) is 12.8 Å². The highest BCUT2D eigenvalue weighted by Crippen LogP contribution is 2.43. The lowest BCUT2D eigenvalue weighted by Crippen LogP contribution is -2.69. The zero-order valence-corrected chi connectivity index (χ0v) is 10.0. The minimum Gasteiger partial charge on any atom is -0.335 e. The smallest absolute Gasteiger partial charge is 0.254 e. The van der Waals surface area contributed by atoms with Crippen molar-refractivity contribution >= 4 is 5.91 Å². The summed E-state index contributed by atoms with van der Waals surface area (Å²) >= 11 is 0. The first-order valence-electron chi connectivity index (χ1n) is 6.09. The minimum absolute atomic E-state index is 0.0808. The Morgan fingerprint density at radius 1 is 1.53 bits per heavy atom. The van der Waals surface area contributed by atoms with Gasteiger partial charge in [-0.3, -0.25) is 9.78 Å². The van der Waals surface area contributed by atoms with Gasteiger partial charge in [0.25, 0.3) is 5.91 Å². The van der Waals surface area contributed by atoms with Crippen molar-refractivity contribution in [1.82, 2.24) is 9.88 Å². The molecule has 1 amide bonds. The molecular formula is C13H17N3O. The molecule has 0 spiro atoms. The first-order valence-corrected chi connectivity index (χ1v) is 6.09. The second-order valence-corrected chi connectivity index (χ2v) is 5.35. The third-order valence-corrected chi connectivity index (χ3v) is 3.79. The molecule has 2 fully saturated rings. The second kappa shape index (κ2) is 3.53. The number of pyridine rings is 1. The number of hydrogen-bond donors (Lipinski definition) is 1. The molecule has 2 heterocycles. The summed E-state index contributed by atoms with van der Waals surface area (Å²) in [5.74, 6) is 0.725. The summed E-state index contributed by atoms with van der Waals surface area (Å²) in [6.07, 6.45) is 4.14. The number of nitrogens with two attached hydrogens (primary N) is 1. The van der Waals surface area contributed by atoms with Gasteiger partial charge in [-0.15, -0.1) is 0 Å². The van der Waals surface area contributed by atoms with Crippen LogP contribution in [0.5, 0.6) is 0 Å². The van der Waals surface area contributed by atoms with Crippen LogP contribution in [-0.4, -0.2) is 34.4 Å². The number of aromatic nitrogens is 1. The molecule has 4 heteroatoms. The largest absolute Gasteiger partial charge is 0.335 e. The molecule has 17 heavy (non-hydrogen) atoms. The van der Waals surface area contributed by atoms with Crippen molar-refractivity contribution in [1.29, 1.82) is 0 Å². The molecule has 1 aliphatic heterocycles. The first kappa shape index (κ1) is 10.7. The number of hydrogen-bond acceptors (Lipinski definition) is 3. The molecule has 0 atom stereocenters. The van der Waals surface area contributed by atoms with Gasteiger partial charge in [0.05, 0.1) is 5.54 Å². The summed E-state index contributed by atoms with van der Waals surface area (Å²) in [6, 6.07) is 3.60. The molecule has 0 aromatic carbocycles. The van der Waals surface area contributed by atoms with Crippen LogP contribution < -0.4 is 5.73 Å². The molecule has 4 nitrogen and oxygen atoms in total. The zero-order chi connectivity index (χ0) is 12.0. The topological polar surface area (TPSA) is 59.2 Å². The lowest BCUT2D eigenvalue weighted by atomic mass is 9.85. The maximum Gasteiger partial charge on any atom is 0.254 e. The van der Waals surface area contributed by atoms with Gasteiger partial charge in [-0.1, -0.05) is 0 Å². The Kier molecular flexibility index (Phi) is 2.23. The lowest BCUT2D eigenvalue weighted by molar-refractivity contribution is 0.0350. The van der Waals surface area contributed by atoms with Crippen LogP contribution in [0.1, 0.15) is 28.9 Å². The highest BCUT2D eigenvalue weighted by atomic mass is 16.2. The van der Waals surface area contributed by atoms with Gasteiger partial charge in [-0.25, -0.2) is 0 Å². The molecule has 3 rings (SSSR count). The van der Waals surface area contributed by atoms with Crippen LogP contribution in [0.4, 0.5) is 0 Å². The van der Waals surface area contributed by atoms with Crippen molar-refractivity contribution in [3.05, 3.63) is 29.6 Å². The van der Waals surface area contributed by atoms with Crippen LogP contribution in [0.15, 0.2) is 18.3 Å². The summed E-state index contributed by atoms with van der Waals surface area (Å²) < 4.78 is 0. The summed E-state index contributed by atoms with van der Waals surface area (Å²) in [5, 5.41) is 0. The van der Waals surface area contributed by atoms with E-state index in [9.17, 15) is 4.79 Å². The third kappa shape index (κ3) is 1.82. The first-order chi connectivity index (χ1) is 8.08. The van der Waals surface area contributed by atoms with E-state index in [0.29, 0.717) is 19.0 Å². The molecule has 0 bridgehead atoms. The van der Waals surface area contributed by atoms with E-state index in [4.69, 9.17) is 5.73 Å². The minimum atomic E-state index is -0.0995. The molecule has 0 unspecified atom stereocenters. The second-order valence-electron chi connectivity index (χ2n) is 5.35. The molecule has 1 aromatic heterocycles. The molecule has 90 valence electrons. The molecule has 1 aromatic rings. The van der Waals surface area contributed by atoms with Gasteiger partial charge < -0.3 is 10.6 Å². The predicted octanol–water partition coefficient (Wildman–Crippen LogP) is 0.953. The van der Waals surface area contributed by atoms with Crippen LogP contribution in [-0.2, 0) is 0 Å². The van der Waals surface area contributed by atoms with Gasteiger partial charge in [0.1, 0.15) is 0 Å². The van der Waals surface area contributed by atoms with Gasteiger partial charge in [0, 0.05) is 30.5 Å². The van der Waals surface area contributed by atoms with E-state index in [1.54, 1.807) is 12.3 Å². The molecule has 2 aliphatic rings. The van der Waals surface area contributed by atoms with Crippen molar-refractivity contribution in [3.63, 3.8) is 0 Å². The van der Waals surface area contributed by atoms with E-state index < -0.39 is 0 Å². The van der Waals surface area contributed by atoms with Gasteiger partial charge in [0.15, 0.2) is 0 Å². The van der Waals surface area contributed by atoms with E-state index in [1.807, 2.05) is 17.9 Å². The number of amides is 1. The Labute approximate surface area is 101 Å². The standard InChI is InChI=1S/C13H17N3O/c1-9-6-10(4-5-15-9)12(17)16-7-13(14,8-16)11-2-3-11/h4-6,11H,2-3,7-8,14H2,1H3. The Bertz CT molecular complexity index is 461. The van der Waals surface area contributed by atoms with E-state index in [2.05, 4.69) is 4.98 Å². The Balaban J connectivity index is 1.69. The summed E-state index contributed by atoms with van der Waals surface area (Å²) in [6.45, 7) is 3.31. The zero-order valence-electron chi connectivity index (χ0n) is 10.0. The van der Waals surface area contributed by atoms with Crippen LogP contribution >= 0.6 is 0 Å². The van der Waals surface area contributed by atoms with E-state index in [-0.39, 0.29) is 11.4 Å². The Morgan fingerprint density at radius 3 is 2.82 bits per heavy atom. The predicted molar refractivity (Wildman–Crippen MR) is 64.5 cm³/mol. The summed E-state index contributed by atoms with van der Waals surface area (Å²) in [5.41, 5.74) is 7.73. The number of aryl methyl sites for hydroxylation is 1. The summed E-state index contributed by atoms with van der Waals surface area (Å²) in [7, 11) is 0. The molecule has 1 aliphatic carbocycles. The normalized spacial score (nSPS) is 22.1. The van der Waals surface area contributed by atoms with Crippen molar-refractivity contribution in [2.75, 3.05) is 13.1 Å². The van der Waals surface area contributed by atoms with Gasteiger partial charge >= 0.3 is 0 Å². The van der Waals surface area contributed by atoms with Crippen LogP contribution in [0.25, 0.3) is 0 Å². The van der Waals surface area contributed by atoms with Gasteiger partial charge in [-0.2, -0.15) is 0 Å². The highest BCUT2D eigenvalue weighted by Gasteiger charge is 2.51. The van der Waals surface area contributed by atoms with Gasteiger partial charge in [0.2, 0.25) is 0 Å². The lowest BCUT2D eigenvalue weighted by Gasteiger charge is -2.48. The number of carbonyl (C=O) groups excluding carboxylic acids is 1. The van der Waals surface area contributed by atoms with Crippen LogP contribution in [0.2, 0.25) is 0 Å². The maximum atomic E-state index is 12.2. The maximum absolute atomic E-state index is 12.2. The molecule has 0 radical (unpaired) electrons. The van der Waals surface area contributed by atoms with Crippen molar-refractivity contribution in [3.8, 4) is 0 Å². The van der Waals surface area contributed by atoms with Crippen molar-refractivity contribution in [2.24, 2.45) is 11.7 Å². The van der Waals surface area contributed by atoms with E-state index in [0.717, 1.165) is 11.3 Å².